The third-order valence-corrected chi connectivity index (χ3v) is 9.28. The summed E-state index contributed by atoms with van der Waals surface area (Å²) >= 11 is 1.79. The van der Waals surface area contributed by atoms with E-state index in [2.05, 4.69) is 19.1 Å². The number of rotatable bonds is 3. The van der Waals surface area contributed by atoms with Crippen LogP contribution in [0.1, 0.15) is 32.6 Å². The number of hydrogen-bond donors (Lipinski definition) is 2. The van der Waals surface area contributed by atoms with Crippen LogP contribution in [-0.2, 0) is 0 Å². The maximum atomic E-state index is 13.3. The molecule has 2 saturated carbocycles. The molecule has 2 N–H and O–H groups in total. The normalized spacial score (nSPS) is 40.5. The maximum absolute atomic E-state index is 13.3. The SMILES string of the molecule is C[C@]12CC[C@H]3[C@@H](C(CSc4ccc(F)cc4)C=C4C=C(O)C=C[C@@H]43)[C@@H]1CCC2O. The van der Waals surface area contributed by atoms with E-state index in [4.69, 9.17) is 0 Å². The van der Waals surface area contributed by atoms with Crippen LogP contribution >= 0.6 is 11.8 Å². The van der Waals surface area contributed by atoms with E-state index in [0.717, 1.165) is 36.3 Å². The van der Waals surface area contributed by atoms with Gasteiger partial charge in [0.2, 0.25) is 0 Å². The number of hydrogen-bond acceptors (Lipinski definition) is 3. The van der Waals surface area contributed by atoms with Crippen LogP contribution in [0.4, 0.5) is 4.39 Å². The number of aliphatic hydroxyl groups is 2. The molecule has 7 atom stereocenters. The first-order valence-electron chi connectivity index (χ1n) is 10.8. The Labute approximate surface area is 176 Å². The Morgan fingerprint density at radius 3 is 2.76 bits per heavy atom. The number of benzene rings is 1. The van der Waals surface area contributed by atoms with Crippen LogP contribution in [-0.4, -0.2) is 22.1 Å². The third-order valence-electron chi connectivity index (χ3n) is 8.13. The van der Waals surface area contributed by atoms with Gasteiger partial charge in [-0.05, 0) is 96.8 Å². The first-order chi connectivity index (χ1) is 14.0. The predicted molar refractivity (Wildman–Crippen MR) is 115 cm³/mol. The van der Waals surface area contributed by atoms with E-state index in [1.54, 1.807) is 11.8 Å². The average Bonchev–Trinajstić information content (AvgIpc) is 3.01. The Hall–Kier alpha value is -1.52. The maximum Gasteiger partial charge on any atom is 0.123 e. The van der Waals surface area contributed by atoms with E-state index in [9.17, 15) is 14.6 Å². The quantitative estimate of drug-likeness (QED) is 0.607. The minimum absolute atomic E-state index is 0.0294. The zero-order chi connectivity index (χ0) is 20.2. The molecule has 2 unspecified atom stereocenters. The number of fused-ring (bicyclic) bond motifs is 5. The van der Waals surface area contributed by atoms with Gasteiger partial charge in [-0.3, -0.25) is 0 Å². The van der Waals surface area contributed by atoms with E-state index < -0.39 is 0 Å². The minimum atomic E-state index is -0.199. The Morgan fingerprint density at radius 1 is 1.17 bits per heavy atom. The zero-order valence-electron chi connectivity index (χ0n) is 16.8. The molecule has 4 aliphatic rings. The Kier molecular flexibility index (Phi) is 4.90. The molecular weight excluding hydrogens is 383 g/mol. The third kappa shape index (κ3) is 3.29. The molecule has 2 nitrogen and oxygen atoms in total. The average molecular weight is 413 g/mol. The summed E-state index contributed by atoms with van der Waals surface area (Å²) in [6, 6.07) is 6.77. The molecule has 0 amide bonds. The summed E-state index contributed by atoms with van der Waals surface area (Å²) in [5.74, 6) is 3.52. The number of halogens is 1. The van der Waals surface area contributed by atoms with Crippen LogP contribution in [0.3, 0.4) is 0 Å². The number of thioether (sulfide) groups is 1. The molecule has 0 aromatic heterocycles. The van der Waals surface area contributed by atoms with Crippen molar-refractivity contribution in [2.45, 2.75) is 43.6 Å². The Balaban J connectivity index is 1.47. The highest BCUT2D eigenvalue weighted by Crippen LogP contribution is 2.62. The van der Waals surface area contributed by atoms with Gasteiger partial charge in [-0.15, -0.1) is 11.8 Å². The second-order valence-corrected chi connectivity index (χ2v) is 10.6. The predicted octanol–water partition coefficient (Wildman–Crippen LogP) is 5.91. The second-order valence-electron chi connectivity index (χ2n) is 9.53. The molecule has 5 rings (SSSR count). The lowest BCUT2D eigenvalue weighted by molar-refractivity contribution is -0.0521. The molecule has 0 radical (unpaired) electrons. The summed E-state index contributed by atoms with van der Waals surface area (Å²) in [6.07, 6.45) is 12.4. The first kappa shape index (κ1) is 19.4. The molecule has 4 aliphatic carbocycles. The van der Waals surface area contributed by atoms with E-state index in [-0.39, 0.29) is 17.3 Å². The summed E-state index contributed by atoms with van der Waals surface area (Å²) in [5, 5.41) is 20.8. The van der Waals surface area contributed by atoms with Crippen molar-refractivity contribution in [3.63, 3.8) is 0 Å². The fourth-order valence-electron chi connectivity index (χ4n) is 6.65. The lowest BCUT2D eigenvalue weighted by Gasteiger charge is -2.54. The number of aliphatic hydroxyl groups excluding tert-OH is 2. The Morgan fingerprint density at radius 2 is 1.97 bits per heavy atom. The summed E-state index contributed by atoms with van der Waals surface area (Å²) in [6.45, 7) is 2.30. The minimum Gasteiger partial charge on any atom is -0.508 e. The van der Waals surface area contributed by atoms with Crippen molar-refractivity contribution in [3.05, 3.63) is 65.7 Å². The molecule has 0 heterocycles. The molecule has 4 heteroatoms. The van der Waals surface area contributed by atoms with Crippen LogP contribution in [0, 0.1) is 40.8 Å². The van der Waals surface area contributed by atoms with E-state index in [1.807, 2.05) is 24.3 Å². The molecular formula is C25H29FO2S. The highest BCUT2D eigenvalue weighted by atomic mass is 32.2. The van der Waals surface area contributed by atoms with E-state index in [0.29, 0.717) is 35.3 Å². The van der Waals surface area contributed by atoms with Gasteiger partial charge < -0.3 is 10.2 Å². The van der Waals surface area contributed by atoms with E-state index >= 15 is 0 Å². The fourth-order valence-corrected chi connectivity index (χ4v) is 7.68. The molecule has 154 valence electrons. The molecule has 29 heavy (non-hydrogen) atoms. The topological polar surface area (TPSA) is 40.5 Å². The monoisotopic (exact) mass is 412 g/mol. The molecule has 2 fully saturated rings. The van der Waals surface area contributed by atoms with Gasteiger partial charge in [0.25, 0.3) is 0 Å². The van der Waals surface area contributed by atoms with Gasteiger partial charge in [-0.2, -0.15) is 0 Å². The highest BCUT2D eigenvalue weighted by molar-refractivity contribution is 7.99. The summed E-state index contributed by atoms with van der Waals surface area (Å²) in [4.78, 5) is 1.09. The largest absolute Gasteiger partial charge is 0.508 e. The van der Waals surface area contributed by atoms with Crippen molar-refractivity contribution in [2.24, 2.45) is 35.0 Å². The summed E-state index contributed by atoms with van der Waals surface area (Å²) < 4.78 is 13.3. The van der Waals surface area contributed by atoms with Crippen LogP contribution in [0.2, 0.25) is 0 Å². The first-order valence-corrected chi connectivity index (χ1v) is 11.8. The van der Waals surface area contributed by atoms with Crippen molar-refractivity contribution < 1.29 is 14.6 Å². The summed E-state index contributed by atoms with van der Waals surface area (Å²) in [7, 11) is 0. The smallest absolute Gasteiger partial charge is 0.123 e. The van der Waals surface area contributed by atoms with Crippen molar-refractivity contribution in [3.8, 4) is 0 Å². The van der Waals surface area contributed by atoms with Gasteiger partial charge in [-0.25, -0.2) is 4.39 Å². The zero-order valence-corrected chi connectivity index (χ0v) is 17.6. The van der Waals surface area contributed by atoms with Crippen molar-refractivity contribution in [1.82, 2.24) is 0 Å². The van der Waals surface area contributed by atoms with Gasteiger partial charge in [0.1, 0.15) is 11.6 Å². The van der Waals surface area contributed by atoms with Crippen LogP contribution in [0.25, 0.3) is 0 Å². The van der Waals surface area contributed by atoms with Crippen LogP contribution < -0.4 is 0 Å². The molecule has 0 aliphatic heterocycles. The molecule has 1 aromatic rings. The number of allylic oxidation sites excluding steroid dienone is 5. The van der Waals surface area contributed by atoms with Crippen LogP contribution in [0.5, 0.6) is 0 Å². The molecule has 0 saturated heterocycles. The lowest BCUT2D eigenvalue weighted by Crippen LogP contribution is -2.49. The lowest BCUT2D eigenvalue weighted by atomic mass is 9.51. The van der Waals surface area contributed by atoms with Crippen LogP contribution in [0.15, 0.2) is 64.8 Å². The van der Waals surface area contributed by atoms with Crippen molar-refractivity contribution in [1.29, 1.82) is 0 Å². The fraction of sp³-hybridized carbons (Fsp3) is 0.520. The molecule has 1 aromatic carbocycles. The summed E-state index contributed by atoms with van der Waals surface area (Å²) in [5.41, 5.74) is 1.28. The van der Waals surface area contributed by atoms with Gasteiger partial charge in [0.15, 0.2) is 0 Å². The Bertz CT molecular complexity index is 873. The van der Waals surface area contributed by atoms with Gasteiger partial charge in [0, 0.05) is 16.6 Å². The standard InChI is InChI=1S/C25H29FO2S/c1-25-11-10-21-20-7-4-18(27)13-15(20)12-16(24(21)22(25)8-9-23(25)28)14-29-19-5-2-17(26)3-6-19/h2-7,12-13,16,20-24,27-28H,8-11,14H2,1H3/t16?,20-,21+,22-,23?,24+,25-/m0/s1. The van der Waals surface area contributed by atoms with Gasteiger partial charge >= 0.3 is 0 Å². The van der Waals surface area contributed by atoms with Crippen molar-refractivity contribution >= 4 is 11.8 Å². The second kappa shape index (κ2) is 7.31. The van der Waals surface area contributed by atoms with E-state index in [1.165, 1.54) is 17.7 Å². The van der Waals surface area contributed by atoms with Gasteiger partial charge in [0.05, 0.1) is 6.10 Å². The molecule has 0 spiro atoms. The van der Waals surface area contributed by atoms with Gasteiger partial charge in [-0.1, -0.05) is 19.1 Å². The van der Waals surface area contributed by atoms with Crippen molar-refractivity contribution in [2.75, 3.05) is 5.75 Å². The highest BCUT2D eigenvalue weighted by Gasteiger charge is 2.57. The molecule has 0 bridgehead atoms.